The molecule has 0 aliphatic heterocycles. The molecule has 0 radical (unpaired) electrons. The lowest BCUT2D eigenvalue weighted by molar-refractivity contribution is 1.09. The molecular weight excluding hydrogens is 260 g/mol. The summed E-state index contributed by atoms with van der Waals surface area (Å²) >= 11 is 5.92. The molecule has 3 rings (SSSR count). The van der Waals surface area contributed by atoms with Gasteiger partial charge in [-0.15, -0.1) is 0 Å². The molecule has 0 spiro atoms. The second-order valence-corrected chi connectivity index (χ2v) is 4.39. The lowest BCUT2D eigenvalue weighted by atomic mass is 10.2. The Morgan fingerprint density at radius 3 is 2.68 bits per heavy atom. The van der Waals surface area contributed by atoms with Crippen molar-refractivity contribution in [3.05, 3.63) is 59.5 Å². The molecule has 0 bridgehead atoms. The van der Waals surface area contributed by atoms with E-state index in [-0.39, 0.29) is 5.28 Å². The van der Waals surface area contributed by atoms with E-state index in [1.165, 1.54) is 5.56 Å². The van der Waals surface area contributed by atoms with Crippen molar-refractivity contribution in [1.82, 2.24) is 15.0 Å². The molecular formula is C14H11ClN4. The first-order valence-electron chi connectivity index (χ1n) is 5.89. The van der Waals surface area contributed by atoms with Crippen molar-refractivity contribution in [2.45, 2.75) is 6.54 Å². The van der Waals surface area contributed by atoms with Gasteiger partial charge < -0.3 is 5.32 Å². The molecule has 0 atom stereocenters. The summed E-state index contributed by atoms with van der Waals surface area (Å²) in [5.74, 6) is 0.652. The number of hydrogen-bond acceptors (Lipinski definition) is 4. The molecule has 1 N–H and O–H groups in total. The molecule has 0 aliphatic carbocycles. The van der Waals surface area contributed by atoms with Gasteiger partial charge >= 0.3 is 0 Å². The number of nitrogens with zero attached hydrogens (tertiary/aromatic N) is 3. The Labute approximate surface area is 115 Å². The summed E-state index contributed by atoms with van der Waals surface area (Å²) in [5, 5.41) is 3.47. The normalized spacial score (nSPS) is 10.6. The van der Waals surface area contributed by atoms with Crippen LogP contribution in [0.1, 0.15) is 5.56 Å². The third-order valence-corrected chi connectivity index (χ3v) is 2.90. The zero-order valence-corrected chi connectivity index (χ0v) is 10.8. The lowest BCUT2D eigenvalue weighted by Crippen LogP contribution is -2.03. The van der Waals surface area contributed by atoms with E-state index in [4.69, 9.17) is 11.6 Å². The minimum absolute atomic E-state index is 0.219. The van der Waals surface area contributed by atoms with Crippen LogP contribution >= 0.6 is 11.6 Å². The molecule has 5 heteroatoms. The van der Waals surface area contributed by atoms with Crippen LogP contribution in [-0.2, 0) is 6.54 Å². The van der Waals surface area contributed by atoms with Gasteiger partial charge in [0.25, 0.3) is 0 Å². The maximum absolute atomic E-state index is 5.92. The van der Waals surface area contributed by atoms with Crippen LogP contribution in [0.4, 0.5) is 5.82 Å². The standard InChI is InChI=1S/C14H11ClN4/c15-14-18-11-7-4-8-16-12(11)13(19-14)17-9-10-5-2-1-3-6-10/h1-8H,9H2,(H,17,18,19). The molecule has 0 amide bonds. The minimum Gasteiger partial charge on any atom is -0.364 e. The van der Waals surface area contributed by atoms with Gasteiger partial charge in [-0.25, -0.2) is 4.98 Å². The lowest BCUT2D eigenvalue weighted by Gasteiger charge is -2.08. The van der Waals surface area contributed by atoms with Gasteiger partial charge in [-0.2, -0.15) is 4.98 Å². The van der Waals surface area contributed by atoms with Gasteiger partial charge in [-0.3, -0.25) is 4.98 Å². The Bertz CT molecular complexity index is 700. The summed E-state index contributed by atoms with van der Waals surface area (Å²) in [5.41, 5.74) is 2.63. The molecule has 3 aromatic rings. The SMILES string of the molecule is Clc1nc(NCc2ccccc2)c2ncccc2n1. The second kappa shape index (κ2) is 5.20. The topological polar surface area (TPSA) is 50.7 Å². The van der Waals surface area contributed by atoms with E-state index in [0.717, 1.165) is 11.0 Å². The summed E-state index contributed by atoms with van der Waals surface area (Å²) < 4.78 is 0. The smallest absolute Gasteiger partial charge is 0.225 e. The van der Waals surface area contributed by atoms with Gasteiger partial charge in [-0.1, -0.05) is 30.3 Å². The molecule has 0 fully saturated rings. The monoisotopic (exact) mass is 270 g/mol. The van der Waals surface area contributed by atoms with E-state index in [1.807, 2.05) is 42.5 Å². The van der Waals surface area contributed by atoms with Gasteiger partial charge in [0.1, 0.15) is 5.52 Å². The molecule has 0 saturated carbocycles. The maximum Gasteiger partial charge on any atom is 0.225 e. The van der Waals surface area contributed by atoms with E-state index >= 15 is 0 Å². The number of nitrogens with one attached hydrogen (secondary N) is 1. The zero-order chi connectivity index (χ0) is 13.1. The third kappa shape index (κ3) is 2.63. The first-order valence-corrected chi connectivity index (χ1v) is 6.27. The second-order valence-electron chi connectivity index (χ2n) is 4.05. The molecule has 0 aliphatic rings. The molecule has 0 saturated heterocycles. The number of benzene rings is 1. The number of pyridine rings is 1. The highest BCUT2D eigenvalue weighted by Gasteiger charge is 2.06. The fourth-order valence-electron chi connectivity index (χ4n) is 1.84. The van der Waals surface area contributed by atoms with Crippen LogP contribution in [0.5, 0.6) is 0 Å². The molecule has 19 heavy (non-hydrogen) atoms. The Balaban J connectivity index is 1.92. The fourth-order valence-corrected chi connectivity index (χ4v) is 2.02. The first-order chi connectivity index (χ1) is 9.33. The number of fused-ring (bicyclic) bond motifs is 1. The minimum atomic E-state index is 0.219. The molecule has 4 nitrogen and oxygen atoms in total. The van der Waals surface area contributed by atoms with E-state index in [1.54, 1.807) is 6.20 Å². The average Bonchev–Trinajstić information content (AvgIpc) is 2.45. The van der Waals surface area contributed by atoms with E-state index < -0.39 is 0 Å². The summed E-state index contributed by atoms with van der Waals surface area (Å²) in [6.45, 7) is 0.667. The fraction of sp³-hybridized carbons (Fsp3) is 0.0714. The van der Waals surface area contributed by atoms with Crippen LogP contribution in [0.2, 0.25) is 5.28 Å². The predicted octanol–water partition coefficient (Wildman–Crippen LogP) is 3.29. The van der Waals surface area contributed by atoms with Crippen molar-refractivity contribution in [3.63, 3.8) is 0 Å². The summed E-state index contributed by atoms with van der Waals surface area (Å²) in [6.07, 6.45) is 1.72. The van der Waals surface area contributed by atoms with Gasteiger partial charge in [0.15, 0.2) is 5.82 Å². The highest BCUT2D eigenvalue weighted by Crippen LogP contribution is 2.20. The van der Waals surface area contributed by atoms with E-state index in [2.05, 4.69) is 20.3 Å². The Hall–Kier alpha value is -2.20. The van der Waals surface area contributed by atoms with Crippen molar-refractivity contribution < 1.29 is 0 Å². The van der Waals surface area contributed by atoms with E-state index in [0.29, 0.717) is 12.4 Å². The molecule has 1 aromatic carbocycles. The van der Waals surface area contributed by atoms with Crippen molar-refractivity contribution in [2.75, 3.05) is 5.32 Å². The average molecular weight is 271 g/mol. The van der Waals surface area contributed by atoms with Crippen molar-refractivity contribution in [2.24, 2.45) is 0 Å². The number of aromatic nitrogens is 3. The van der Waals surface area contributed by atoms with Crippen LogP contribution in [0.25, 0.3) is 11.0 Å². The summed E-state index contributed by atoms with van der Waals surface area (Å²) in [4.78, 5) is 12.6. The van der Waals surface area contributed by atoms with Crippen LogP contribution in [0, 0.1) is 0 Å². The Morgan fingerprint density at radius 2 is 1.84 bits per heavy atom. The Morgan fingerprint density at radius 1 is 1.00 bits per heavy atom. The highest BCUT2D eigenvalue weighted by molar-refractivity contribution is 6.28. The highest BCUT2D eigenvalue weighted by atomic mass is 35.5. The number of rotatable bonds is 3. The zero-order valence-electron chi connectivity index (χ0n) is 10.0. The van der Waals surface area contributed by atoms with E-state index in [9.17, 15) is 0 Å². The molecule has 2 aromatic heterocycles. The quantitative estimate of drug-likeness (QED) is 0.742. The van der Waals surface area contributed by atoms with Crippen LogP contribution in [0.15, 0.2) is 48.7 Å². The predicted molar refractivity (Wildman–Crippen MR) is 76.1 cm³/mol. The Kier molecular flexibility index (Phi) is 3.25. The number of halogens is 1. The molecule has 2 heterocycles. The van der Waals surface area contributed by atoms with Crippen molar-refractivity contribution >= 4 is 28.5 Å². The van der Waals surface area contributed by atoms with Crippen molar-refractivity contribution in [3.8, 4) is 0 Å². The van der Waals surface area contributed by atoms with Crippen LogP contribution in [0.3, 0.4) is 0 Å². The third-order valence-electron chi connectivity index (χ3n) is 2.73. The van der Waals surface area contributed by atoms with Crippen molar-refractivity contribution in [1.29, 1.82) is 0 Å². The number of hydrogen-bond donors (Lipinski definition) is 1. The maximum atomic E-state index is 5.92. The van der Waals surface area contributed by atoms with Gasteiger partial charge in [0, 0.05) is 12.7 Å². The molecule has 94 valence electrons. The van der Waals surface area contributed by atoms with Gasteiger partial charge in [-0.05, 0) is 29.3 Å². The van der Waals surface area contributed by atoms with Crippen LogP contribution in [-0.4, -0.2) is 15.0 Å². The summed E-state index contributed by atoms with van der Waals surface area (Å²) in [7, 11) is 0. The van der Waals surface area contributed by atoms with Gasteiger partial charge in [0.2, 0.25) is 5.28 Å². The summed E-state index contributed by atoms with van der Waals surface area (Å²) in [6, 6.07) is 13.8. The largest absolute Gasteiger partial charge is 0.364 e. The number of anilines is 1. The molecule has 0 unspecified atom stereocenters. The van der Waals surface area contributed by atoms with Crippen LogP contribution < -0.4 is 5.32 Å². The van der Waals surface area contributed by atoms with Gasteiger partial charge in [0.05, 0.1) is 5.52 Å². The first kappa shape index (κ1) is 11.9.